The fourth-order valence-corrected chi connectivity index (χ4v) is 3.97. The van der Waals surface area contributed by atoms with Crippen LogP contribution in [0.3, 0.4) is 0 Å². The van der Waals surface area contributed by atoms with Gasteiger partial charge in [0.1, 0.15) is 17.1 Å². The number of ether oxygens (including phenoxy) is 2. The SMILES string of the molecule is COc1cccc(OC)c1C(=O)Nc1ccc(SC2CC(=O)N(C)C2=O)cc1. The first kappa shape index (κ1) is 19.8. The smallest absolute Gasteiger partial charge is 0.263 e. The Balaban J connectivity index is 1.71. The molecule has 1 fully saturated rings. The maximum atomic E-state index is 12.7. The second-order valence-electron chi connectivity index (χ2n) is 6.12. The van der Waals surface area contributed by atoms with Gasteiger partial charge in [0, 0.05) is 24.1 Å². The Hall–Kier alpha value is -3.00. The first-order chi connectivity index (χ1) is 13.4. The van der Waals surface area contributed by atoms with E-state index in [9.17, 15) is 14.4 Å². The van der Waals surface area contributed by atoms with E-state index in [1.165, 1.54) is 33.0 Å². The van der Waals surface area contributed by atoms with Crippen molar-refractivity contribution in [3.8, 4) is 11.5 Å². The number of nitrogens with one attached hydrogen (secondary N) is 1. The first-order valence-corrected chi connectivity index (χ1v) is 9.42. The number of imide groups is 1. The zero-order chi connectivity index (χ0) is 20.3. The highest BCUT2D eigenvalue weighted by atomic mass is 32.2. The molecule has 28 heavy (non-hydrogen) atoms. The first-order valence-electron chi connectivity index (χ1n) is 8.54. The number of carbonyl (C=O) groups is 3. The van der Waals surface area contributed by atoms with Crippen LogP contribution in [0.25, 0.3) is 0 Å². The Kier molecular flexibility index (Phi) is 5.89. The number of amides is 3. The average Bonchev–Trinajstić information content (AvgIpc) is 2.95. The number of thioether (sulfide) groups is 1. The van der Waals surface area contributed by atoms with Crippen molar-refractivity contribution < 1.29 is 23.9 Å². The standard InChI is InChI=1S/C20H20N2O5S/c1-22-17(23)11-16(20(22)25)28-13-9-7-12(8-10-13)21-19(24)18-14(26-2)5-4-6-15(18)27-3/h4-10,16H,11H2,1-3H3,(H,21,24). The summed E-state index contributed by atoms with van der Waals surface area (Å²) in [5.74, 6) is 0.121. The molecule has 1 heterocycles. The van der Waals surface area contributed by atoms with E-state index in [-0.39, 0.29) is 24.1 Å². The Morgan fingerprint density at radius 1 is 1.07 bits per heavy atom. The van der Waals surface area contributed by atoms with Crippen LogP contribution < -0.4 is 14.8 Å². The quantitative estimate of drug-likeness (QED) is 0.751. The molecule has 0 aliphatic carbocycles. The van der Waals surface area contributed by atoms with Crippen LogP contribution in [0.5, 0.6) is 11.5 Å². The number of likely N-dealkylation sites (tertiary alicyclic amines) is 1. The molecule has 2 aromatic carbocycles. The van der Waals surface area contributed by atoms with E-state index < -0.39 is 5.25 Å². The van der Waals surface area contributed by atoms with Crippen LogP contribution in [0.4, 0.5) is 5.69 Å². The maximum absolute atomic E-state index is 12.7. The number of methoxy groups -OCH3 is 2. The van der Waals surface area contributed by atoms with Crippen LogP contribution in [-0.4, -0.2) is 49.1 Å². The molecule has 3 amide bonds. The van der Waals surface area contributed by atoms with Gasteiger partial charge in [-0.15, -0.1) is 11.8 Å². The van der Waals surface area contributed by atoms with E-state index in [1.54, 1.807) is 42.5 Å². The van der Waals surface area contributed by atoms with Crippen LogP contribution in [-0.2, 0) is 9.59 Å². The van der Waals surface area contributed by atoms with Crippen molar-refractivity contribution >= 4 is 35.2 Å². The number of rotatable bonds is 6. The van der Waals surface area contributed by atoms with Crippen LogP contribution in [0.1, 0.15) is 16.8 Å². The molecule has 1 unspecified atom stereocenters. The van der Waals surface area contributed by atoms with Crippen molar-refractivity contribution in [3.63, 3.8) is 0 Å². The molecule has 0 saturated carbocycles. The molecule has 0 bridgehead atoms. The maximum Gasteiger partial charge on any atom is 0.263 e. The molecule has 7 nitrogen and oxygen atoms in total. The molecule has 1 N–H and O–H groups in total. The summed E-state index contributed by atoms with van der Waals surface area (Å²) in [6.07, 6.45) is 0.200. The number of hydrogen-bond donors (Lipinski definition) is 1. The van der Waals surface area contributed by atoms with E-state index in [0.29, 0.717) is 22.7 Å². The summed E-state index contributed by atoms with van der Waals surface area (Å²) in [7, 11) is 4.48. The molecule has 2 aromatic rings. The summed E-state index contributed by atoms with van der Waals surface area (Å²) in [4.78, 5) is 38.3. The highest BCUT2D eigenvalue weighted by Gasteiger charge is 2.36. The van der Waals surface area contributed by atoms with Gasteiger partial charge in [-0.3, -0.25) is 19.3 Å². The molecule has 1 saturated heterocycles. The molecule has 8 heteroatoms. The third kappa shape index (κ3) is 3.96. The Morgan fingerprint density at radius 3 is 2.18 bits per heavy atom. The second kappa shape index (κ2) is 8.35. The van der Waals surface area contributed by atoms with Gasteiger partial charge in [0.05, 0.1) is 19.5 Å². The van der Waals surface area contributed by atoms with Gasteiger partial charge in [-0.25, -0.2) is 0 Å². The van der Waals surface area contributed by atoms with E-state index in [4.69, 9.17) is 9.47 Å². The summed E-state index contributed by atoms with van der Waals surface area (Å²) in [5.41, 5.74) is 0.900. The van der Waals surface area contributed by atoms with Crippen LogP contribution >= 0.6 is 11.8 Å². The lowest BCUT2D eigenvalue weighted by molar-refractivity contribution is -0.136. The molecule has 0 spiro atoms. The molecule has 1 aliphatic rings. The highest BCUT2D eigenvalue weighted by Crippen LogP contribution is 2.32. The predicted octanol–water partition coefficient (Wildman–Crippen LogP) is 2.81. The fraction of sp³-hybridized carbons (Fsp3) is 0.250. The van der Waals surface area contributed by atoms with Gasteiger partial charge >= 0.3 is 0 Å². The van der Waals surface area contributed by atoms with Crippen LogP contribution in [0.2, 0.25) is 0 Å². The Labute approximate surface area is 167 Å². The van der Waals surface area contributed by atoms with Gasteiger partial charge in [-0.1, -0.05) is 6.07 Å². The molecular formula is C20H20N2O5S. The van der Waals surface area contributed by atoms with Gasteiger partial charge < -0.3 is 14.8 Å². The predicted molar refractivity (Wildman–Crippen MR) is 106 cm³/mol. The summed E-state index contributed by atoms with van der Waals surface area (Å²) in [6.45, 7) is 0. The number of anilines is 1. The van der Waals surface area contributed by atoms with E-state index in [0.717, 1.165) is 9.80 Å². The van der Waals surface area contributed by atoms with Gasteiger partial charge in [-0.05, 0) is 36.4 Å². The number of carbonyl (C=O) groups excluding carboxylic acids is 3. The van der Waals surface area contributed by atoms with Gasteiger partial charge in [0.15, 0.2) is 0 Å². The van der Waals surface area contributed by atoms with E-state index in [2.05, 4.69) is 5.32 Å². The van der Waals surface area contributed by atoms with Crippen molar-refractivity contribution in [2.75, 3.05) is 26.6 Å². The van der Waals surface area contributed by atoms with E-state index in [1.807, 2.05) is 0 Å². The molecule has 0 aromatic heterocycles. The molecular weight excluding hydrogens is 380 g/mol. The van der Waals surface area contributed by atoms with Crippen molar-refractivity contribution in [2.24, 2.45) is 0 Å². The minimum Gasteiger partial charge on any atom is -0.496 e. The molecule has 3 rings (SSSR count). The van der Waals surface area contributed by atoms with Crippen molar-refractivity contribution in [2.45, 2.75) is 16.6 Å². The lowest BCUT2D eigenvalue weighted by Crippen LogP contribution is -2.26. The number of benzene rings is 2. The van der Waals surface area contributed by atoms with Gasteiger partial charge in [0.2, 0.25) is 11.8 Å². The Bertz CT molecular complexity index is 891. The summed E-state index contributed by atoms with van der Waals surface area (Å²) in [5, 5.41) is 2.41. The summed E-state index contributed by atoms with van der Waals surface area (Å²) < 4.78 is 10.5. The lowest BCUT2D eigenvalue weighted by atomic mass is 10.1. The zero-order valence-corrected chi connectivity index (χ0v) is 16.5. The van der Waals surface area contributed by atoms with Gasteiger partial charge in [0.25, 0.3) is 5.91 Å². The summed E-state index contributed by atoms with van der Waals surface area (Å²) >= 11 is 1.34. The normalized spacial score (nSPS) is 16.2. The largest absolute Gasteiger partial charge is 0.496 e. The van der Waals surface area contributed by atoms with Crippen LogP contribution in [0, 0.1) is 0 Å². The highest BCUT2D eigenvalue weighted by molar-refractivity contribution is 8.00. The van der Waals surface area contributed by atoms with Crippen molar-refractivity contribution in [3.05, 3.63) is 48.0 Å². The third-order valence-electron chi connectivity index (χ3n) is 4.39. The monoisotopic (exact) mass is 400 g/mol. The van der Waals surface area contributed by atoms with Crippen molar-refractivity contribution in [1.29, 1.82) is 0 Å². The molecule has 1 aliphatic heterocycles. The molecule has 1 atom stereocenters. The van der Waals surface area contributed by atoms with Crippen LogP contribution in [0.15, 0.2) is 47.4 Å². The number of hydrogen-bond acceptors (Lipinski definition) is 6. The zero-order valence-electron chi connectivity index (χ0n) is 15.7. The number of nitrogens with zero attached hydrogens (tertiary/aromatic N) is 1. The second-order valence-corrected chi connectivity index (χ2v) is 7.39. The van der Waals surface area contributed by atoms with E-state index >= 15 is 0 Å². The topological polar surface area (TPSA) is 84.9 Å². The van der Waals surface area contributed by atoms with Crippen molar-refractivity contribution in [1.82, 2.24) is 4.90 Å². The Morgan fingerprint density at radius 2 is 1.68 bits per heavy atom. The minimum absolute atomic E-state index is 0.169. The lowest BCUT2D eigenvalue weighted by Gasteiger charge is -2.13. The fourth-order valence-electron chi connectivity index (χ4n) is 2.86. The minimum atomic E-state index is -0.407. The third-order valence-corrected chi connectivity index (χ3v) is 5.58. The molecule has 146 valence electrons. The van der Waals surface area contributed by atoms with Gasteiger partial charge in [-0.2, -0.15) is 0 Å². The average molecular weight is 400 g/mol. The molecule has 0 radical (unpaired) electrons. The summed E-state index contributed by atoms with van der Waals surface area (Å²) in [6, 6.07) is 12.2.